The molecular formula is C54H70N8O7S2Si. The number of aromatic amines is 1. The quantitative estimate of drug-likeness (QED) is 0.0565. The summed E-state index contributed by atoms with van der Waals surface area (Å²) in [5, 5.41) is 19.5. The van der Waals surface area contributed by atoms with Gasteiger partial charge in [0.25, 0.3) is 11.8 Å². The van der Waals surface area contributed by atoms with Crippen molar-refractivity contribution in [3.63, 3.8) is 0 Å². The first-order valence-electron chi connectivity index (χ1n) is 26.0. The number of ketones is 2. The van der Waals surface area contributed by atoms with Gasteiger partial charge in [-0.3, -0.25) is 19.2 Å². The van der Waals surface area contributed by atoms with Crippen LogP contribution in [0.1, 0.15) is 144 Å². The summed E-state index contributed by atoms with van der Waals surface area (Å²) in [4.78, 5) is 82.0. The summed E-state index contributed by atoms with van der Waals surface area (Å²) in [5.41, 5.74) is 4.29. The molecular weight excluding hydrogens is 965 g/mol. The summed E-state index contributed by atoms with van der Waals surface area (Å²) in [6.07, 6.45) is 19.2. The molecule has 2 aliphatic heterocycles. The van der Waals surface area contributed by atoms with Gasteiger partial charge in [-0.15, -0.1) is 22.7 Å². The average molecular weight is 1040 g/mol. The Balaban J connectivity index is 0.000000182. The number of amides is 2. The monoisotopic (exact) mass is 1030 g/mol. The zero-order valence-corrected chi connectivity index (χ0v) is 45.1. The van der Waals surface area contributed by atoms with Gasteiger partial charge in [0.05, 0.1) is 66.6 Å². The molecule has 6 aromatic heterocycles. The number of carbonyl (C=O) groups excluding carboxylic acids is 4. The summed E-state index contributed by atoms with van der Waals surface area (Å²) in [5.74, 6) is 0.257. The Morgan fingerprint density at radius 2 is 1.18 bits per heavy atom. The van der Waals surface area contributed by atoms with Gasteiger partial charge < -0.3 is 34.3 Å². The molecule has 0 bridgehead atoms. The van der Waals surface area contributed by atoms with Gasteiger partial charge in [-0.1, -0.05) is 72.0 Å². The number of Topliss-reactive ketones (excluding diaryl/α,β-unsaturated/α-hetero) is 2. The molecule has 0 spiro atoms. The van der Waals surface area contributed by atoms with Crippen LogP contribution in [0.2, 0.25) is 25.7 Å². The molecule has 18 heteroatoms. The predicted octanol–water partition coefficient (Wildman–Crippen LogP) is 10.7. The van der Waals surface area contributed by atoms with E-state index in [1.165, 1.54) is 35.5 Å². The second-order valence-electron chi connectivity index (χ2n) is 22.2. The third-order valence-corrected chi connectivity index (χ3v) is 19.2. The van der Waals surface area contributed by atoms with Crippen molar-refractivity contribution in [2.24, 2.45) is 10.8 Å². The van der Waals surface area contributed by atoms with E-state index in [9.17, 15) is 29.4 Å². The van der Waals surface area contributed by atoms with Crippen LogP contribution in [0, 0.1) is 10.8 Å². The van der Waals surface area contributed by atoms with E-state index in [1.54, 1.807) is 28.4 Å². The average Bonchev–Trinajstić information content (AvgIpc) is 4.22. The molecule has 10 rings (SSSR count). The number of nitrogens with zero attached hydrogens (tertiary/aromatic N) is 7. The number of hydrogen-bond acceptors (Lipinski definition) is 13. The molecule has 4 fully saturated rings. The van der Waals surface area contributed by atoms with Gasteiger partial charge >= 0.3 is 0 Å². The number of thiophene rings is 2. The largest absolute Gasteiger partial charge is 0.393 e. The molecule has 0 aromatic carbocycles. The number of hydrogen-bond donors (Lipinski definition) is 3. The minimum absolute atomic E-state index is 0.00933. The highest BCUT2D eigenvalue weighted by molar-refractivity contribution is 7.17. The van der Waals surface area contributed by atoms with Crippen molar-refractivity contribution in [3.05, 3.63) is 69.9 Å². The maximum absolute atomic E-state index is 14.0. The van der Waals surface area contributed by atoms with E-state index in [2.05, 4.69) is 43.5 Å². The summed E-state index contributed by atoms with van der Waals surface area (Å²) < 4.78 is 7.96. The summed E-state index contributed by atoms with van der Waals surface area (Å²) >= 11 is 2.79. The maximum atomic E-state index is 14.0. The molecule has 0 atom stereocenters. The highest BCUT2D eigenvalue weighted by atomic mass is 32.1. The summed E-state index contributed by atoms with van der Waals surface area (Å²) in [6, 6.07) is 8.54. The van der Waals surface area contributed by atoms with Gasteiger partial charge in [0.2, 0.25) is 0 Å². The van der Waals surface area contributed by atoms with Crippen LogP contribution < -0.4 is 0 Å². The zero-order valence-electron chi connectivity index (χ0n) is 42.5. The van der Waals surface area contributed by atoms with Gasteiger partial charge in [-0.05, 0) is 81.7 Å². The van der Waals surface area contributed by atoms with Gasteiger partial charge in [-0.25, -0.2) is 19.9 Å². The Morgan fingerprint density at radius 3 is 1.69 bits per heavy atom. The standard InChI is InChI=1S/C30H42N4O4SSi.C24H28N4O3S/c1-30(12-6-5-7-13-30)27(36)22-19-34(20-38-16-17-40(2,3)4)28-26(22)32-23(18-31-28)24-8-9-25(39-24)29(37)33-14-10-21(35)11-15-33;1-24(9-3-2-4-10-24)21(30)16-13-25-22-20(16)27-17(14-26-22)18-5-6-19(32-18)23(31)28-11-7-15(29)8-12-28/h8-9,18-19,21,35H,5-7,10-17,20H2,1-4H3;5-6,13-15,29H,2-4,7-12H2,1H3,(H,25,26). The molecule has 384 valence electrons. The highest BCUT2D eigenvalue weighted by Crippen LogP contribution is 2.42. The lowest BCUT2D eigenvalue weighted by Gasteiger charge is -2.31. The lowest BCUT2D eigenvalue weighted by molar-refractivity contribution is 0.0541. The van der Waals surface area contributed by atoms with Crippen molar-refractivity contribution in [2.45, 2.75) is 148 Å². The molecule has 72 heavy (non-hydrogen) atoms. The van der Waals surface area contributed by atoms with Crippen LogP contribution in [0.5, 0.6) is 0 Å². The Labute approximate surface area is 430 Å². The Kier molecular flexibility index (Phi) is 15.7. The van der Waals surface area contributed by atoms with Crippen molar-refractivity contribution in [1.29, 1.82) is 0 Å². The zero-order chi connectivity index (χ0) is 50.8. The van der Waals surface area contributed by atoms with Gasteiger partial charge in [0.1, 0.15) is 17.8 Å². The Hall–Kier alpha value is -4.98. The van der Waals surface area contributed by atoms with Crippen molar-refractivity contribution in [2.75, 3.05) is 32.8 Å². The fourth-order valence-electron chi connectivity index (χ4n) is 10.6. The molecule has 2 saturated carbocycles. The SMILES string of the molecule is CC1(C(=O)c2c[nH]c3ncc(-c4ccc(C(=O)N5CCC(O)CC5)s4)nc23)CCCCC1.CC1(C(=O)c2cn(COCC[Si](C)(C)C)c3ncc(-c4ccc(C(=O)N5CCC(O)CC5)s4)nc23)CCCCC1. The maximum Gasteiger partial charge on any atom is 0.263 e. The van der Waals surface area contributed by atoms with E-state index in [0.29, 0.717) is 120 Å². The number of aliphatic hydroxyl groups excluding tert-OH is 2. The second kappa shape index (κ2) is 21.8. The number of H-pyrrole nitrogens is 1. The first kappa shape index (κ1) is 51.9. The highest BCUT2D eigenvalue weighted by Gasteiger charge is 2.39. The first-order chi connectivity index (χ1) is 34.5. The minimum atomic E-state index is -1.21. The molecule has 8 heterocycles. The second-order valence-corrected chi connectivity index (χ2v) is 30.0. The van der Waals surface area contributed by atoms with Crippen LogP contribution in [-0.2, 0) is 11.5 Å². The fourth-order valence-corrected chi connectivity index (χ4v) is 13.2. The Bertz CT molecular complexity index is 2910. The Morgan fingerprint density at radius 1 is 0.694 bits per heavy atom. The minimum Gasteiger partial charge on any atom is -0.393 e. The van der Waals surface area contributed by atoms with Gasteiger partial charge in [0, 0.05) is 64.1 Å². The molecule has 15 nitrogen and oxygen atoms in total. The van der Waals surface area contributed by atoms with Crippen LogP contribution in [0.25, 0.3) is 43.5 Å². The molecule has 6 aromatic rings. The fraction of sp³-hybridized carbons (Fsp3) is 0.556. The summed E-state index contributed by atoms with van der Waals surface area (Å²) in [6.45, 7) is 14.5. The first-order valence-corrected chi connectivity index (χ1v) is 31.4. The van der Waals surface area contributed by atoms with E-state index in [1.807, 2.05) is 35.0 Å². The number of likely N-dealkylation sites (tertiary alicyclic amines) is 2. The predicted molar refractivity (Wildman–Crippen MR) is 285 cm³/mol. The lowest BCUT2D eigenvalue weighted by atomic mass is 9.71. The van der Waals surface area contributed by atoms with Crippen LogP contribution in [0.4, 0.5) is 0 Å². The van der Waals surface area contributed by atoms with Crippen LogP contribution >= 0.6 is 22.7 Å². The van der Waals surface area contributed by atoms with E-state index >= 15 is 0 Å². The van der Waals surface area contributed by atoms with E-state index in [4.69, 9.17) is 19.7 Å². The molecule has 2 saturated heterocycles. The summed E-state index contributed by atoms with van der Waals surface area (Å²) in [7, 11) is -1.21. The van der Waals surface area contributed by atoms with E-state index < -0.39 is 13.5 Å². The van der Waals surface area contributed by atoms with Gasteiger partial charge in [-0.2, -0.15) is 0 Å². The lowest BCUT2D eigenvalue weighted by Crippen LogP contribution is -2.39. The third kappa shape index (κ3) is 11.5. The molecule has 0 radical (unpaired) electrons. The smallest absolute Gasteiger partial charge is 0.263 e. The van der Waals surface area contributed by atoms with Crippen LogP contribution in [-0.4, -0.2) is 126 Å². The number of ether oxygens (including phenoxy) is 1. The molecule has 0 unspecified atom stereocenters. The van der Waals surface area contributed by atoms with Crippen molar-refractivity contribution >= 4 is 76.5 Å². The topological polar surface area (TPSA) is 197 Å². The molecule has 2 amide bonds. The van der Waals surface area contributed by atoms with Crippen molar-refractivity contribution in [1.82, 2.24) is 39.3 Å². The molecule has 3 N–H and O–H groups in total. The van der Waals surface area contributed by atoms with E-state index in [-0.39, 0.29) is 41.0 Å². The van der Waals surface area contributed by atoms with Crippen LogP contribution in [0.15, 0.2) is 49.1 Å². The van der Waals surface area contributed by atoms with Gasteiger partial charge in [0.15, 0.2) is 22.9 Å². The normalized spacial score (nSPS) is 18.8. The van der Waals surface area contributed by atoms with Crippen LogP contribution in [0.3, 0.4) is 0 Å². The number of nitrogens with one attached hydrogen (secondary N) is 1. The molecule has 4 aliphatic rings. The number of carbonyl (C=O) groups is 4. The number of rotatable bonds is 13. The van der Waals surface area contributed by atoms with E-state index in [0.717, 1.165) is 67.2 Å². The number of aliphatic hydroxyl groups is 2. The number of piperidine rings is 2. The van der Waals surface area contributed by atoms with Crippen molar-refractivity contribution < 1.29 is 34.1 Å². The van der Waals surface area contributed by atoms with Crippen molar-refractivity contribution in [3.8, 4) is 21.1 Å². The molecule has 2 aliphatic carbocycles. The number of fused-ring (bicyclic) bond motifs is 2. The third-order valence-electron chi connectivity index (χ3n) is 15.3. The number of aromatic nitrogens is 6.